The molecule has 0 radical (unpaired) electrons. The average molecular weight is 639 g/mol. The summed E-state index contributed by atoms with van der Waals surface area (Å²) in [5.41, 5.74) is 12.1. The molecule has 11 heteroatoms. The molecule has 0 saturated carbocycles. The van der Waals surface area contributed by atoms with Gasteiger partial charge in [0.25, 0.3) is 5.91 Å². The number of piperazine rings is 1. The molecule has 1 amide bonds. The Morgan fingerprint density at radius 1 is 1.00 bits per heavy atom. The number of likely N-dealkylation sites (N-methyl/N-ethyl adjacent to an activating group) is 1. The number of rotatable bonds is 7. The molecule has 0 spiro atoms. The molecule has 0 aliphatic carbocycles. The number of amides is 1. The monoisotopic (exact) mass is 638 g/mol. The topological polar surface area (TPSA) is 114 Å². The van der Waals surface area contributed by atoms with Gasteiger partial charge in [0.2, 0.25) is 6.79 Å². The van der Waals surface area contributed by atoms with Crippen LogP contribution >= 0.6 is 0 Å². The van der Waals surface area contributed by atoms with Gasteiger partial charge in [-0.3, -0.25) is 14.7 Å². The predicted octanol–water partition coefficient (Wildman–Crippen LogP) is 3.73. The zero-order chi connectivity index (χ0) is 32.5. The number of carbonyl (C=O) groups excluding carboxylic acids is 1. The van der Waals surface area contributed by atoms with E-state index in [2.05, 4.69) is 34.0 Å². The van der Waals surface area contributed by atoms with E-state index in [0.717, 1.165) is 73.2 Å². The lowest BCUT2D eigenvalue weighted by Gasteiger charge is -2.39. The summed E-state index contributed by atoms with van der Waals surface area (Å²) in [4.78, 5) is 29.4. The quantitative estimate of drug-likeness (QED) is 0.306. The maximum absolute atomic E-state index is 13.2. The Kier molecular flexibility index (Phi) is 8.74. The summed E-state index contributed by atoms with van der Waals surface area (Å²) in [5.74, 6) is 3.19. The number of benzene rings is 3. The number of aliphatic imine (C=N–C) groups is 2. The summed E-state index contributed by atoms with van der Waals surface area (Å²) in [7, 11) is 3.82. The van der Waals surface area contributed by atoms with E-state index < -0.39 is 0 Å². The fraction of sp³-hybridized carbons (Fsp3) is 0.417. The van der Waals surface area contributed by atoms with E-state index in [4.69, 9.17) is 29.7 Å². The van der Waals surface area contributed by atoms with E-state index >= 15 is 0 Å². The molecule has 246 valence electrons. The first-order valence-electron chi connectivity index (χ1n) is 16.4. The van der Waals surface area contributed by atoms with Gasteiger partial charge in [0.1, 0.15) is 0 Å². The van der Waals surface area contributed by atoms with Gasteiger partial charge < -0.3 is 34.5 Å². The Hall–Kier alpha value is -4.61. The lowest BCUT2D eigenvalue weighted by molar-refractivity contribution is 0.0999. The van der Waals surface area contributed by atoms with Crippen LogP contribution in [-0.4, -0.2) is 105 Å². The Morgan fingerprint density at radius 2 is 1.79 bits per heavy atom. The van der Waals surface area contributed by atoms with Crippen molar-refractivity contribution in [3.05, 3.63) is 82.4 Å². The van der Waals surface area contributed by atoms with Crippen LogP contribution in [-0.2, 0) is 6.54 Å². The van der Waals surface area contributed by atoms with Crippen LogP contribution < -0.4 is 24.7 Å². The third-order valence-electron chi connectivity index (χ3n) is 9.53. The summed E-state index contributed by atoms with van der Waals surface area (Å²) in [6.07, 6.45) is 0.983. The highest BCUT2D eigenvalue weighted by Gasteiger charge is 2.36. The zero-order valence-electron chi connectivity index (χ0n) is 27.3. The first-order valence-corrected chi connectivity index (χ1v) is 16.4. The lowest BCUT2D eigenvalue weighted by Crippen LogP contribution is -2.50. The number of carbonyl (C=O) groups is 1. The Labute approximate surface area is 275 Å². The van der Waals surface area contributed by atoms with E-state index in [-0.39, 0.29) is 30.6 Å². The molecule has 11 nitrogen and oxygen atoms in total. The van der Waals surface area contributed by atoms with Crippen molar-refractivity contribution in [2.45, 2.75) is 31.8 Å². The highest BCUT2D eigenvalue weighted by atomic mass is 16.7. The summed E-state index contributed by atoms with van der Waals surface area (Å²) >= 11 is 0. The number of nitrogens with two attached hydrogens (primary N) is 1. The highest BCUT2D eigenvalue weighted by Crippen LogP contribution is 2.42. The van der Waals surface area contributed by atoms with Crippen LogP contribution in [0.2, 0.25) is 0 Å². The number of nitrogens with zero attached hydrogens (tertiary/aromatic N) is 5. The molecule has 4 aliphatic heterocycles. The van der Waals surface area contributed by atoms with Crippen molar-refractivity contribution in [2.24, 2.45) is 15.7 Å². The number of hydrogen-bond donors (Lipinski definition) is 1. The fourth-order valence-electron chi connectivity index (χ4n) is 6.99. The summed E-state index contributed by atoms with van der Waals surface area (Å²) < 4.78 is 22.6. The van der Waals surface area contributed by atoms with Crippen molar-refractivity contribution in [3.8, 4) is 23.0 Å². The SMILES string of the molecule is CCOc1cc2c(cc1OC)C(c1ccc(C(=O)N=C(N)N3CCN(Cc4ccc5c(c4)OCO5)CC3)cc1)=NC1CCN(C)CC21. The minimum absolute atomic E-state index is 0.180. The van der Waals surface area contributed by atoms with E-state index in [0.29, 0.717) is 31.0 Å². The van der Waals surface area contributed by atoms with Gasteiger partial charge in [0, 0.05) is 61.9 Å². The molecule has 2 N–H and O–H groups in total. The van der Waals surface area contributed by atoms with Crippen molar-refractivity contribution < 1.29 is 23.7 Å². The molecule has 3 aromatic carbocycles. The summed E-state index contributed by atoms with van der Waals surface area (Å²) in [6.45, 7) is 8.57. The van der Waals surface area contributed by atoms with Crippen molar-refractivity contribution in [1.82, 2.24) is 14.7 Å². The van der Waals surface area contributed by atoms with E-state index in [1.54, 1.807) is 7.11 Å². The van der Waals surface area contributed by atoms with E-state index in [1.165, 1.54) is 11.1 Å². The maximum atomic E-state index is 13.2. The summed E-state index contributed by atoms with van der Waals surface area (Å²) in [5, 5.41) is 0. The standard InChI is InChI=1S/C36H42N6O5/c1-4-45-33-18-26-27(19-31(33)44-3)34(38-29-11-12-40(2)21-28(26)29)24-6-8-25(9-7-24)35(43)39-36(37)42-15-13-41(14-16-42)20-23-5-10-30-32(17-23)47-22-46-30/h5-10,17-19,28-29H,4,11-16,20-22H2,1-3H3,(H2,37,39,43). The largest absolute Gasteiger partial charge is 0.493 e. The van der Waals surface area contributed by atoms with Gasteiger partial charge in [-0.25, -0.2) is 0 Å². The van der Waals surface area contributed by atoms with Crippen molar-refractivity contribution in [1.29, 1.82) is 0 Å². The molecule has 0 aromatic heterocycles. The van der Waals surface area contributed by atoms with Gasteiger partial charge in [0.15, 0.2) is 29.0 Å². The Bertz CT molecular complexity index is 1700. The molecular weight excluding hydrogens is 596 g/mol. The number of piperidine rings is 1. The molecule has 0 bridgehead atoms. The predicted molar refractivity (Wildman–Crippen MR) is 180 cm³/mol. The minimum Gasteiger partial charge on any atom is -0.493 e. The van der Waals surface area contributed by atoms with Crippen LogP contribution in [0.5, 0.6) is 23.0 Å². The smallest absolute Gasteiger partial charge is 0.280 e. The zero-order valence-corrected chi connectivity index (χ0v) is 27.3. The third-order valence-corrected chi connectivity index (χ3v) is 9.53. The number of likely N-dealkylation sites (tertiary alicyclic amines) is 1. The highest BCUT2D eigenvalue weighted by molar-refractivity contribution is 6.15. The van der Waals surface area contributed by atoms with Crippen molar-refractivity contribution in [2.75, 3.05) is 66.8 Å². The van der Waals surface area contributed by atoms with Gasteiger partial charge in [-0.1, -0.05) is 18.2 Å². The van der Waals surface area contributed by atoms with Crippen LogP contribution in [0, 0.1) is 0 Å². The normalized spacial score (nSPS) is 21.1. The van der Waals surface area contributed by atoms with Gasteiger partial charge in [-0.15, -0.1) is 0 Å². The average Bonchev–Trinajstić information content (AvgIpc) is 3.56. The molecular formula is C36H42N6O5. The fourth-order valence-corrected chi connectivity index (χ4v) is 6.99. The van der Waals surface area contributed by atoms with Crippen LogP contribution in [0.15, 0.2) is 64.6 Å². The van der Waals surface area contributed by atoms with E-state index in [9.17, 15) is 4.79 Å². The molecule has 2 fully saturated rings. The maximum Gasteiger partial charge on any atom is 0.280 e. The van der Waals surface area contributed by atoms with Crippen LogP contribution in [0.3, 0.4) is 0 Å². The first-order chi connectivity index (χ1) is 22.9. The first kappa shape index (κ1) is 31.0. The number of fused-ring (bicyclic) bond motifs is 4. The molecule has 2 atom stereocenters. The van der Waals surface area contributed by atoms with Gasteiger partial charge >= 0.3 is 0 Å². The number of methoxy groups -OCH3 is 1. The Balaban J connectivity index is 1.04. The number of ether oxygens (including phenoxy) is 4. The second-order valence-corrected chi connectivity index (χ2v) is 12.5. The van der Waals surface area contributed by atoms with Crippen molar-refractivity contribution >= 4 is 17.6 Å². The second kappa shape index (κ2) is 13.2. The van der Waals surface area contributed by atoms with Crippen LogP contribution in [0.25, 0.3) is 0 Å². The molecule has 4 heterocycles. The second-order valence-electron chi connectivity index (χ2n) is 12.5. The van der Waals surface area contributed by atoms with Crippen LogP contribution in [0.4, 0.5) is 0 Å². The molecule has 3 aromatic rings. The van der Waals surface area contributed by atoms with Gasteiger partial charge in [-0.05, 0) is 74.5 Å². The molecule has 4 aliphatic rings. The van der Waals surface area contributed by atoms with Gasteiger partial charge in [0.05, 0.1) is 25.5 Å². The van der Waals surface area contributed by atoms with Crippen LogP contribution in [0.1, 0.15) is 51.9 Å². The molecule has 47 heavy (non-hydrogen) atoms. The lowest BCUT2D eigenvalue weighted by atomic mass is 9.79. The summed E-state index contributed by atoms with van der Waals surface area (Å²) in [6, 6.07) is 18.0. The molecule has 2 saturated heterocycles. The third kappa shape index (κ3) is 6.37. The van der Waals surface area contributed by atoms with Crippen molar-refractivity contribution in [3.63, 3.8) is 0 Å². The minimum atomic E-state index is -0.360. The Morgan fingerprint density at radius 3 is 2.55 bits per heavy atom. The van der Waals surface area contributed by atoms with E-state index in [1.807, 2.05) is 54.3 Å². The molecule has 7 rings (SSSR count). The number of hydrogen-bond acceptors (Lipinski definition) is 8. The number of guanidine groups is 1. The molecule has 2 unspecified atom stereocenters. The van der Waals surface area contributed by atoms with Gasteiger partial charge in [-0.2, -0.15) is 4.99 Å².